The molecule has 0 aromatic carbocycles. The summed E-state index contributed by atoms with van der Waals surface area (Å²) in [6, 6.07) is 3.86. The number of H-pyrrole nitrogens is 1. The van der Waals surface area contributed by atoms with Gasteiger partial charge in [-0.1, -0.05) is 0 Å². The number of carbonyl (C=O) groups is 1. The molecule has 2 aliphatic rings. The molecule has 100 valence electrons. The normalized spacial score (nSPS) is 20.5. The number of amides is 1. The van der Waals surface area contributed by atoms with E-state index in [-0.39, 0.29) is 5.91 Å². The molecule has 0 bridgehead atoms. The van der Waals surface area contributed by atoms with Crippen LogP contribution in [0, 0.1) is 5.92 Å². The zero-order valence-electron chi connectivity index (χ0n) is 10.9. The first-order chi connectivity index (χ1) is 9.79. The fourth-order valence-electron chi connectivity index (χ4n) is 2.45. The van der Waals surface area contributed by atoms with Gasteiger partial charge in [0.05, 0.1) is 0 Å². The van der Waals surface area contributed by atoms with Gasteiger partial charge >= 0.3 is 0 Å². The SMILES string of the molecule is O=C1NC(CC2CC2)=NC1=Cc1c[nH]c2ncccc12. The number of nitrogens with one attached hydrogen (secondary N) is 2. The Morgan fingerprint density at radius 1 is 1.40 bits per heavy atom. The molecule has 0 atom stereocenters. The van der Waals surface area contributed by atoms with Crippen LogP contribution in [0.15, 0.2) is 35.2 Å². The lowest BCUT2D eigenvalue weighted by atomic mass is 10.2. The maximum absolute atomic E-state index is 11.9. The molecule has 5 heteroatoms. The minimum Gasteiger partial charge on any atom is -0.346 e. The van der Waals surface area contributed by atoms with Crippen LogP contribution in [0.1, 0.15) is 24.8 Å². The summed E-state index contributed by atoms with van der Waals surface area (Å²) in [5.74, 6) is 1.41. The predicted molar refractivity (Wildman–Crippen MR) is 77.0 cm³/mol. The van der Waals surface area contributed by atoms with Gasteiger partial charge in [0, 0.05) is 29.8 Å². The van der Waals surface area contributed by atoms with Crippen molar-refractivity contribution in [3.05, 3.63) is 35.8 Å². The average Bonchev–Trinajstić information content (AvgIpc) is 3.07. The van der Waals surface area contributed by atoms with Crippen LogP contribution in [0.2, 0.25) is 0 Å². The van der Waals surface area contributed by atoms with Crippen LogP contribution in [0.25, 0.3) is 17.1 Å². The van der Waals surface area contributed by atoms with Crippen LogP contribution in [-0.2, 0) is 4.79 Å². The summed E-state index contributed by atoms with van der Waals surface area (Å²) in [6.45, 7) is 0. The summed E-state index contributed by atoms with van der Waals surface area (Å²) < 4.78 is 0. The topological polar surface area (TPSA) is 70.1 Å². The molecule has 1 fully saturated rings. The lowest BCUT2D eigenvalue weighted by Gasteiger charge is -1.95. The van der Waals surface area contributed by atoms with Crippen molar-refractivity contribution in [2.45, 2.75) is 19.3 Å². The van der Waals surface area contributed by atoms with Crippen molar-refractivity contribution >= 4 is 28.9 Å². The highest BCUT2D eigenvalue weighted by Crippen LogP contribution is 2.33. The van der Waals surface area contributed by atoms with Crippen molar-refractivity contribution in [3.8, 4) is 0 Å². The van der Waals surface area contributed by atoms with Gasteiger partial charge in [-0.2, -0.15) is 0 Å². The fourth-order valence-corrected chi connectivity index (χ4v) is 2.45. The number of hydrogen-bond donors (Lipinski definition) is 2. The molecule has 3 heterocycles. The van der Waals surface area contributed by atoms with Gasteiger partial charge in [-0.15, -0.1) is 0 Å². The van der Waals surface area contributed by atoms with Gasteiger partial charge < -0.3 is 10.3 Å². The third-order valence-electron chi connectivity index (χ3n) is 3.70. The molecule has 5 nitrogen and oxygen atoms in total. The smallest absolute Gasteiger partial charge is 0.275 e. The van der Waals surface area contributed by atoms with E-state index < -0.39 is 0 Å². The van der Waals surface area contributed by atoms with Crippen molar-refractivity contribution in [1.29, 1.82) is 0 Å². The predicted octanol–water partition coefficient (Wildman–Crippen LogP) is 2.23. The molecule has 2 aromatic rings. The largest absolute Gasteiger partial charge is 0.346 e. The second-order valence-corrected chi connectivity index (χ2v) is 5.33. The number of amidine groups is 1. The minimum atomic E-state index is -0.112. The monoisotopic (exact) mass is 266 g/mol. The maximum Gasteiger partial charge on any atom is 0.275 e. The van der Waals surface area contributed by atoms with Crippen LogP contribution < -0.4 is 5.32 Å². The van der Waals surface area contributed by atoms with Gasteiger partial charge in [0.2, 0.25) is 0 Å². The summed E-state index contributed by atoms with van der Waals surface area (Å²) in [5.41, 5.74) is 2.24. The van der Waals surface area contributed by atoms with Gasteiger partial charge in [0.15, 0.2) is 0 Å². The Morgan fingerprint density at radius 2 is 2.30 bits per heavy atom. The van der Waals surface area contributed by atoms with Crippen LogP contribution in [0.3, 0.4) is 0 Å². The van der Waals surface area contributed by atoms with E-state index in [1.165, 1.54) is 12.8 Å². The highest BCUT2D eigenvalue weighted by Gasteiger charge is 2.28. The highest BCUT2D eigenvalue weighted by molar-refractivity contribution is 6.15. The van der Waals surface area contributed by atoms with Crippen molar-refractivity contribution < 1.29 is 4.79 Å². The molecule has 1 amide bonds. The van der Waals surface area contributed by atoms with E-state index in [2.05, 4.69) is 20.3 Å². The lowest BCUT2D eigenvalue weighted by molar-refractivity contribution is -0.115. The number of aromatic amines is 1. The number of rotatable bonds is 3. The Kier molecular flexibility index (Phi) is 2.45. The van der Waals surface area contributed by atoms with E-state index in [9.17, 15) is 4.79 Å². The molecule has 0 unspecified atom stereocenters. The molecule has 2 N–H and O–H groups in total. The van der Waals surface area contributed by atoms with Crippen molar-refractivity contribution in [1.82, 2.24) is 15.3 Å². The van der Waals surface area contributed by atoms with Gasteiger partial charge in [-0.3, -0.25) is 4.79 Å². The van der Waals surface area contributed by atoms with Gasteiger partial charge in [0.25, 0.3) is 5.91 Å². The Morgan fingerprint density at radius 3 is 3.15 bits per heavy atom. The first kappa shape index (κ1) is 11.4. The van der Waals surface area contributed by atoms with E-state index in [1.807, 2.05) is 24.4 Å². The Hall–Kier alpha value is -2.43. The first-order valence-corrected chi connectivity index (χ1v) is 6.82. The fraction of sp³-hybridized carbons (Fsp3) is 0.267. The molecular formula is C15H14N4O. The van der Waals surface area contributed by atoms with Crippen molar-refractivity contribution in [3.63, 3.8) is 0 Å². The number of fused-ring (bicyclic) bond motifs is 1. The zero-order chi connectivity index (χ0) is 13.5. The Bertz CT molecular complexity index is 752. The summed E-state index contributed by atoms with van der Waals surface area (Å²) in [4.78, 5) is 23.7. The molecule has 0 radical (unpaired) electrons. The van der Waals surface area contributed by atoms with Crippen molar-refractivity contribution in [2.24, 2.45) is 10.9 Å². The first-order valence-electron chi connectivity index (χ1n) is 6.82. The van der Waals surface area contributed by atoms with E-state index in [4.69, 9.17) is 0 Å². The molecule has 0 spiro atoms. The number of carbonyl (C=O) groups excluding carboxylic acids is 1. The molecule has 1 saturated carbocycles. The minimum absolute atomic E-state index is 0.112. The maximum atomic E-state index is 11.9. The van der Waals surface area contributed by atoms with E-state index in [1.54, 1.807) is 6.20 Å². The molecule has 4 rings (SSSR count). The van der Waals surface area contributed by atoms with Gasteiger partial charge in [-0.25, -0.2) is 9.98 Å². The van der Waals surface area contributed by atoms with Crippen LogP contribution in [0.4, 0.5) is 0 Å². The van der Waals surface area contributed by atoms with Crippen LogP contribution in [-0.4, -0.2) is 21.7 Å². The van der Waals surface area contributed by atoms with E-state index in [0.29, 0.717) is 11.6 Å². The van der Waals surface area contributed by atoms with Gasteiger partial charge in [0.1, 0.15) is 17.2 Å². The van der Waals surface area contributed by atoms with E-state index in [0.717, 1.165) is 28.9 Å². The average molecular weight is 266 g/mol. The second kappa shape index (κ2) is 4.30. The number of hydrogen-bond acceptors (Lipinski definition) is 3. The lowest BCUT2D eigenvalue weighted by Crippen LogP contribution is -2.24. The van der Waals surface area contributed by atoms with Crippen LogP contribution in [0.5, 0.6) is 0 Å². The quantitative estimate of drug-likeness (QED) is 0.836. The summed E-state index contributed by atoms with van der Waals surface area (Å²) in [5, 5.41) is 3.85. The number of nitrogens with zero attached hydrogens (tertiary/aromatic N) is 2. The standard InChI is InChI=1S/C15H14N4O/c20-15-12(18-13(19-15)6-9-3-4-9)7-10-8-17-14-11(10)2-1-5-16-14/h1-2,5,7-9H,3-4,6H2,(H,16,17)(H,18,19,20). The summed E-state index contributed by atoms with van der Waals surface area (Å²) in [7, 11) is 0. The zero-order valence-corrected chi connectivity index (χ0v) is 10.9. The number of pyridine rings is 1. The summed E-state index contributed by atoms with van der Waals surface area (Å²) >= 11 is 0. The molecule has 0 saturated heterocycles. The third-order valence-corrected chi connectivity index (χ3v) is 3.70. The number of aliphatic imine (C=N–C) groups is 1. The van der Waals surface area contributed by atoms with Gasteiger partial charge in [-0.05, 0) is 37.0 Å². The molecule has 1 aliphatic heterocycles. The van der Waals surface area contributed by atoms with Crippen LogP contribution >= 0.6 is 0 Å². The highest BCUT2D eigenvalue weighted by atomic mass is 16.2. The summed E-state index contributed by atoms with van der Waals surface area (Å²) in [6.07, 6.45) is 8.80. The third kappa shape index (κ3) is 2.01. The Balaban J connectivity index is 1.68. The molecule has 2 aromatic heterocycles. The van der Waals surface area contributed by atoms with E-state index >= 15 is 0 Å². The molecular weight excluding hydrogens is 252 g/mol. The second-order valence-electron chi connectivity index (χ2n) is 5.33. The Labute approximate surface area is 115 Å². The van der Waals surface area contributed by atoms with Crippen molar-refractivity contribution in [2.75, 3.05) is 0 Å². The molecule has 1 aliphatic carbocycles. The molecule has 20 heavy (non-hydrogen) atoms. The number of aromatic nitrogens is 2.